The Morgan fingerprint density at radius 1 is 0.529 bits per heavy atom. The number of likely N-dealkylation sites (N-methyl/N-ethyl adjacent to an activating group) is 3. The number of thioether (sulfide) groups is 1. The molecule has 23 N–H and O–H groups in total. The Labute approximate surface area is 802 Å². The summed E-state index contributed by atoms with van der Waals surface area (Å²) in [6.45, 7) is 5.70. The van der Waals surface area contributed by atoms with Gasteiger partial charge in [0.2, 0.25) is 100 Å². The SMILES string of the molecule is CCCC[C@H]1C(=O)N(C)[C@@H](CCCC)C(=O)N[C@@H](CCC(=O)O)C(=O)N[C@H](C(=O)NCC(N)=O)CSCC(=O)N[C@@H](Cc2ccc(O)cc2)C(=O)N(C)[C@@H](C)C(=O)N[C@@H](CC(N)=O)C(=O)N2CCC[C@H]2C(=O)N[C@@H](Cc2c[nH]cn2)C(=O)N[C@@H](CCC(N)=O)C(=O)N2C[C@H](O)C[C@H]2C(C)C[C@@H](Cc2c[nH]c3ccccc23)C(=O)N[C@@H](CCCCN)C(=O)N[C@@H](Cc2c[nH]c3ccccc23)C(=O)N1C. The van der Waals surface area contributed by atoms with Crippen LogP contribution in [0.15, 0.2) is 97.7 Å². The highest BCUT2D eigenvalue weighted by Crippen LogP contribution is 2.34. The number of primary amides is 3. The number of para-hydroxylation sites is 2. The summed E-state index contributed by atoms with van der Waals surface area (Å²) in [4.78, 5) is 281. The van der Waals surface area contributed by atoms with E-state index in [2.05, 4.69) is 67.8 Å². The number of nitrogens with zero attached hydrogens (tertiary/aromatic N) is 6. The average molecular weight is 1940 g/mol. The Hall–Kier alpha value is -13.5. The third-order valence-electron chi connectivity index (χ3n) is 25.5. The number of aliphatic hydroxyl groups excluding tert-OH is 1. The number of benzene rings is 3. The van der Waals surface area contributed by atoms with Gasteiger partial charge in [-0.25, -0.2) is 4.98 Å². The van der Waals surface area contributed by atoms with Crippen LogP contribution in [0.4, 0.5) is 0 Å². The van der Waals surface area contributed by atoms with Crippen LogP contribution in [0, 0.1) is 11.8 Å². The number of carbonyl (C=O) groups is 18. The number of rotatable bonds is 29. The third kappa shape index (κ3) is 30.5. The van der Waals surface area contributed by atoms with E-state index < -0.39 is 253 Å². The van der Waals surface area contributed by atoms with Crippen molar-refractivity contribution < 1.29 is 102 Å². The standard InChI is InChI=1S/C94H132N22O21S/c1-8-10-24-73-88(131)106-66(32-34-81(123)124)86(129)111-72(84(127)102-47-79(98)121)49-138-50-80(122)104-69(38-54-27-29-59(117)30-28-54)90(133)112(5)53(4)82(125)109-71(43-78(97)120)93(136)115-36-18-26-74(115)89(132)108-68(41-58-46-99-51-103-58)87(130)107-67(31-33-77(96)119)92(135)116-48-60(118)42-76(116)52(3)37-55(39-56-44-100-63-21-14-12-19-61(56)63)83(126)105-65(23-16-17-35-95)85(128)110-70(40-57-45-101-64-22-15-13-20-62(57)64)91(134)114(7)75(25-11-9-2)94(137)113(73)6/h12-15,19-22,27-30,44-46,51-53,55,60,65-76,100-101,117-118H,8-11,16-18,23-26,31-43,47-50,95H2,1-7H3,(H2,96,119)(H2,97,120)(H2,98,121)(H,99,103)(H,102,127)(H,104,122)(H,105,126)(H,106,131)(H,107,130)(H,108,132)(H,109,125)(H,110,128)(H,111,129)(H,123,124)/t52?,53-,55-,60+,65-,66-,67-,68-,69-,70-,71-,72-,73-,74-,75-,76-/m0/s1. The van der Waals surface area contributed by atoms with Gasteiger partial charge in [0.15, 0.2) is 0 Å². The average Bonchev–Trinajstić information content (AvgIpc) is 1.69. The fraction of sp³-hybridized carbons (Fsp3) is 0.543. The molecule has 3 aromatic heterocycles. The number of phenols is 1. The smallest absolute Gasteiger partial charge is 0.303 e. The first-order chi connectivity index (χ1) is 65.8. The van der Waals surface area contributed by atoms with E-state index in [1.54, 1.807) is 31.5 Å². The van der Waals surface area contributed by atoms with E-state index in [-0.39, 0.29) is 108 Å². The lowest BCUT2D eigenvalue weighted by atomic mass is 9.84. The summed E-state index contributed by atoms with van der Waals surface area (Å²) in [5, 5.41) is 57.5. The monoisotopic (exact) mass is 1940 g/mol. The fourth-order valence-electron chi connectivity index (χ4n) is 17.7. The van der Waals surface area contributed by atoms with Crippen molar-refractivity contribution in [3.8, 4) is 5.75 Å². The number of hydrogen-bond acceptors (Lipinski definition) is 23. The minimum absolute atomic E-state index is 0.00261. The maximum absolute atomic E-state index is 16.0. The lowest BCUT2D eigenvalue weighted by Crippen LogP contribution is -2.60. The minimum atomic E-state index is -1.80. The van der Waals surface area contributed by atoms with Crippen LogP contribution >= 0.6 is 11.8 Å². The lowest BCUT2D eigenvalue weighted by Gasteiger charge is -2.36. The van der Waals surface area contributed by atoms with E-state index in [4.69, 9.17) is 22.9 Å². The van der Waals surface area contributed by atoms with Crippen molar-refractivity contribution in [1.82, 2.24) is 92.3 Å². The van der Waals surface area contributed by atoms with Gasteiger partial charge in [-0.15, -0.1) is 11.8 Å². The number of imidazole rings is 1. The maximum atomic E-state index is 16.0. The lowest BCUT2D eigenvalue weighted by molar-refractivity contribution is -0.149. The molecule has 6 aromatic rings. The highest BCUT2D eigenvalue weighted by atomic mass is 32.2. The molecule has 3 fully saturated rings. The molecule has 6 heterocycles. The normalized spacial score (nSPS) is 25.0. The molecule has 3 saturated heterocycles. The summed E-state index contributed by atoms with van der Waals surface area (Å²) in [5.74, 6) is -20.0. The van der Waals surface area contributed by atoms with Gasteiger partial charge >= 0.3 is 5.97 Å². The maximum Gasteiger partial charge on any atom is 0.303 e. The highest BCUT2D eigenvalue weighted by Gasteiger charge is 2.47. The zero-order valence-electron chi connectivity index (χ0n) is 78.9. The summed E-state index contributed by atoms with van der Waals surface area (Å²) in [5.41, 5.74) is 26.3. The van der Waals surface area contributed by atoms with Crippen molar-refractivity contribution >= 4 is 140 Å². The summed E-state index contributed by atoms with van der Waals surface area (Å²) >= 11 is 0.715. The van der Waals surface area contributed by atoms with Gasteiger partial charge in [-0.3, -0.25) is 86.3 Å². The van der Waals surface area contributed by atoms with Gasteiger partial charge in [0, 0.05) is 124 Å². The number of carbonyl (C=O) groups excluding carboxylic acids is 17. The number of hydrogen-bond donors (Lipinski definition) is 19. The number of aliphatic hydroxyl groups is 1. The Morgan fingerprint density at radius 2 is 1.09 bits per heavy atom. The predicted molar refractivity (Wildman–Crippen MR) is 508 cm³/mol. The molecule has 3 aliphatic heterocycles. The number of phenolic OH excluding ortho intramolecular Hbond substituents is 1. The second-order valence-corrected chi connectivity index (χ2v) is 36.8. The molecular weight excluding hydrogens is 1810 g/mol. The van der Waals surface area contributed by atoms with Crippen LogP contribution in [0.3, 0.4) is 0 Å². The Morgan fingerprint density at radius 3 is 1.72 bits per heavy atom. The van der Waals surface area contributed by atoms with Gasteiger partial charge in [0.1, 0.15) is 78.3 Å². The largest absolute Gasteiger partial charge is 0.508 e. The Bertz CT molecular complexity index is 5290. The van der Waals surface area contributed by atoms with Crippen molar-refractivity contribution in [2.24, 2.45) is 34.8 Å². The number of aliphatic carboxylic acids is 1. The zero-order valence-corrected chi connectivity index (χ0v) is 79.7. The molecule has 17 amide bonds. The van der Waals surface area contributed by atoms with Crippen molar-refractivity contribution in [2.75, 3.05) is 58.8 Å². The molecule has 138 heavy (non-hydrogen) atoms. The van der Waals surface area contributed by atoms with Crippen LogP contribution in [-0.2, 0) is 112 Å². The molecule has 16 atom stereocenters. The Kier molecular flexibility index (Phi) is 40.9. The Balaban J connectivity index is 1.12. The van der Waals surface area contributed by atoms with E-state index in [1.807, 2.05) is 50.2 Å². The molecule has 44 heteroatoms. The summed E-state index contributed by atoms with van der Waals surface area (Å²) in [7, 11) is 3.91. The molecule has 0 aliphatic carbocycles. The van der Waals surface area contributed by atoms with Crippen LogP contribution in [0.5, 0.6) is 5.75 Å². The number of aromatic hydroxyl groups is 1. The minimum Gasteiger partial charge on any atom is -0.508 e. The molecule has 0 bridgehead atoms. The summed E-state index contributed by atoms with van der Waals surface area (Å²) in [6, 6.07) is 0.558. The number of H-pyrrole nitrogens is 3. The number of fused-ring (bicyclic) bond motifs is 4. The number of unbranched alkanes of at least 4 members (excludes halogenated alkanes) is 3. The van der Waals surface area contributed by atoms with E-state index in [0.717, 1.165) is 25.6 Å². The first kappa shape index (κ1) is 108. The van der Waals surface area contributed by atoms with Gasteiger partial charge in [0.25, 0.3) is 0 Å². The van der Waals surface area contributed by atoms with Crippen LogP contribution < -0.4 is 70.8 Å². The number of carboxylic acid groups (broad SMARTS) is 1. The molecular formula is C94H132N22O21S. The number of aromatic nitrogens is 4. The van der Waals surface area contributed by atoms with Gasteiger partial charge in [-0.2, -0.15) is 0 Å². The first-order valence-corrected chi connectivity index (χ1v) is 47.9. The van der Waals surface area contributed by atoms with Crippen molar-refractivity contribution in [1.29, 1.82) is 0 Å². The molecule has 3 aromatic carbocycles. The molecule has 0 radical (unpaired) electrons. The quantitative estimate of drug-likeness (QED) is 0.0255. The molecule has 9 rings (SSSR count). The second-order valence-electron chi connectivity index (χ2n) is 35.8. The fourth-order valence-corrected chi connectivity index (χ4v) is 18.6. The van der Waals surface area contributed by atoms with Crippen molar-refractivity contribution in [3.05, 3.63) is 120 Å². The number of carboxylic acids is 1. The number of nitrogens with one attached hydrogen (secondary N) is 12. The van der Waals surface area contributed by atoms with Gasteiger partial charge in [-0.1, -0.05) is 95.0 Å². The summed E-state index contributed by atoms with van der Waals surface area (Å²) in [6.07, 6.45) is 3.40. The van der Waals surface area contributed by atoms with Gasteiger partial charge in [-0.05, 0) is 137 Å². The molecule has 0 spiro atoms. The van der Waals surface area contributed by atoms with E-state index in [9.17, 15) is 68.1 Å². The topological polar surface area (TPSA) is 657 Å². The molecule has 3 aliphatic rings. The van der Waals surface area contributed by atoms with Crippen LogP contribution in [0.2, 0.25) is 0 Å². The summed E-state index contributed by atoms with van der Waals surface area (Å²) < 4.78 is 0. The van der Waals surface area contributed by atoms with Crippen molar-refractivity contribution in [2.45, 2.75) is 254 Å². The molecule has 43 nitrogen and oxygen atoms in total. The van der Waals surface area contributed by atoms with E-state index in [1.165, 1.54) is 74.7 Å². The van der Waals surface area contributed by atoms with E-state index in [0.29, 0.717) is 71.5 Å². The van der Waals surface area contributed by atoms with Gasteiger partial charge in [0.05, 0.1) is 36.8 Å². The third-order valence-corrected chi connectivity index (χ3v) is 26.6. The number of aromatic amines is 3. The van der Waals surface area contributed by atoms with Crippen LogP contribution in [-0.4, -0.2) is 310 Å². The predicted octanol–water partition coefficient (Wildman–Crippen LogP) is -0.814. The molecule has 0 saturated carbocycles. The zero-order chi connectivity index (χ0) is 101. The van der Waals surface area contributed by atoms with E-state index >= 15 is 33.6 Å². The number of amides is 17. The second kappa shape index (κ2) is 52.1. The van der Waals surface area contributed by atoms with Crippen LogP contribution in [0.1, 0.15) is 166 Å². The molecule has 750 valence electrons. The number of nitrogens with two attached hydrogens (primary N) is 4. The van der Waals surface area contributed by atoms with Crippen molar-refractivity contribution in [3.63, 3.8) is 0 Å². The van der Waals surface area contributed by atoms with Gasteiger partial charge < -0.3 is 126 Å². The highest BCUT2D eigenvalue weighted by molar-refractivity contribution is 8.00. The van der Waals surface area contributed by atoms with Crippen LogP contribution in [0.25, 0.3) is 21.8 Å². The first-order valence-electron chi connectivity index (χ1n) is 46.8. The molecule has 1 unspecified atom stereocenters.